The van der Waals surface area contributed by atoms with Crippen molar-refractivity contribution in [3.8, 4) is 22.5 Å². The molecule has 216 valence electrons. The van der Waals surface area contributed by atoms with Crippen LogP contribution in [0.3, 0.4) is 0 Å². The van der Waals surface area contributed by atoms with Crippen LogP contribution in [0.25, 0.3) is 22.5 Å². The Kier molecular flexibility index (Phi) is 7.30. The molecule has 8 nitrogen and oxygen atoms in total. The number of hydrogen-bond donors (Lipinski definition) is 1. The molecule has 1 aromatic heterocycles. The lowest BCUT2D eigenvalue weighted by molar-refractivity contribution is -0.131. The number of alkyl halides is 1. The van der Waals surface area contributed by atoms with E-state index in [4.69, 9.17) is 9.52 Å². The number of nitrogens with zero attached hydrogens (tertiary/aromatic N) is 4. The van der Waals surface area contributed by atoms with Crippen LogP contribution in [-0.2, 0) is 11.3 Å². The maximum atomic E-state index is 14.9. The van der Waals surface area contributed by atoms with E-state index in [-0.39, 0.29) is 5.91 Å². The summed E-state index contributed by atoms with van der Waals surface area (Å²) in [5.74, 6) is 0.798. The molecular weight excluding hydrogens is 521 g/mol. The zero-order valence-corrected chi connectivity index (χ0v) is 23.9. The van der Waals surface area contributed by atoms with Crippen LogP contribution in [-0.4, -0.2) is 51.1 Å². The molecule has 1 saturated heterocycles. The first-order chi connectivity index (χ1) is 19.8. The van der Waals surface area contributed by atoms with Crippen LogP contribution in [0.15, 0.2) is 56.8 Å². The summed E-state index contributed by atoms with van der Waals surface area (Å²) in [6.07, 6.45) is 8.04. The van der Waals surface area contributed by atoms with Gasteiger partial charge in [-0.3, -0.25) is 24.2 Å². The van der Waals surface area contributed by atoms with Crippen LogP contribution in [0.4, 0.5) is 10.1 Å². The highest BCUT2D eigenvalue weighted by atomic mass is 19.1. The maximum absolute atomic E-state index is 14.9. The van der Waals surface area contributed by atoms with Crippen molar-refractivity contribution < 1.29 is 13.7 Å². The minimum absolute atomic E-state index is 0.150. The average Bonchev–Trinajstić information content (AvgIpc) is 3.68. The summed E-state index contributed by atoms with van der Waals surface area (Å²) >= 11 is 0. The molecule has 3 aliphatic rings. The van der Waals surface area contributed by atoms with Crippen LogP contribution >= 0.6 is 0 Å². The van der Waals surface area contributed by atoms with Crippen molar-refractivity contribution in [2.75, 3.05) is 18.0 Å². The molecule has 6 rings (SSSR count). The maximum Gasteiger partial charge on any atom is 0.439 e. The van der Waals surface area contributed by atoms with Crippen LogP contribution < -0.4 is 10.7 Å². The number of unbranched alkanes of at least 4 members (excludes halogenated alkanes) is 1. The second-order valence-electron chi connectivity index (χ2n) is 12.1. The molecule has 1 aliphatic carbocycles. The second-order valence-corrected chi connectivity index (χ2v) is 12.1. The number of amidine groups is 1. The molecule has 1 atom stereocenters. The third-order valence-corrected chi connectivity index (χ3v) is 8.80. The van der Waals surface area contributed by atoms with E-state index in [0.29, 0.717) is 25.3 Å². The zero-order chi connectivity index (χ0) is 28.6. The number of nitrogens with one attached hydrogen (secondary N) is 1. The highest BCUT2D eigenvalue weighted by Gasteiger charge is 2.49. The average molecular weight is 560 g/mol. The highest BCUT2D eigenvalue weighted by molar-refractivity contribution is 6.08. The molecule has 0 radical (unpaired) electrons. The molecule has 1 saturated carbocycles. The molecule has 2 aromatic carbocycles. The van der Waals surface area contributed by atoms with Crippen molar-refractivity contribution in [3.63, 3.8) is 0 Å². The third-order valence-electron chi connectivity index (χ3n) is 8.80. The highest BCUT2D eigenvalue weighted by Crippen LogP contribution is 2.40. The molecule has 3 aromatic rings. The first-order valence-corrected chi connectivity index (χ1v) is 14.9. The summed E-state index contributed by atoms with van der Waals surface area (Å²) in [5.41, 5.74) is 2.67. The number of amides is 1. The summed E-state index contributed by atoms with van der Waals surface area (Å²) in [6, 6.07) is 14.0. The van der Waals surface area contributed by atoms with E-state index in [9.17, 15) is 14.0 Å². The van der Waals surface area contributed by atoms with Crippen LogP contribution in [0.1, 0.15) is 77.2 Å². The molecule has 3 heterocycles. The van der Waals surface area contributed by atoms with Crippen molar-refractivity contribution in [1.29, 1.82) is 0 Å². The molecule has 1 unspecified atom stereocenters. The van der Waals surface area contributed by atoms with Gasteiger partial charge >= 0.3 is 5.76 Å². The number of H-pyrrole nitrogens is 1. The van der Waals surface area contributed by atoms with Gasteiger partial charge in [-0.2, -0.15) is 0 Å². The number of carbonyl (C=O) groups excluding carboxylic acids is 1. The van der Waals surface area contributed by atoms with Gasteiger partial charge < -0.3 is 4.90 Å². The zero-order valence-electron chi connectivity index (χ0n) is 23.9. The number of aromatic amines is 1. The molecule has 1 amide bonds. The third kappa shape index (κ3) is 5.46. The largest absolute Gasteiger partial charge is 0.439 e. The molecule has 0 bridgehead atoms. The number of carbonyl (C=O) groups is 1. The predicted octanol–water partition coefficient (Wildman–Crippen LogP) is 6.27. The summed E-state index contributed by atoms with van der Waals surface area (Å²) in [4.78, 5) is 37.0. The van der Waals surface area contributed by atoms with E-state index in [1.807, 2.05) is 47.4 Å². The normalized spacial score (nSPS) is 22.1. The molecule has 2 aliphatic heterocycles. The van der Waals surface area contributed by atoms with Crippen molar-refractivity contribution in [1.82, 2.24) is 15.0 Å². The lowest BCUT2D eigenvalue weighted by Gasteiger charge is -2.37. The second kappa shape index (κ2) is 10.9. The number of piperidine rings is 1. The number of anilines is 1. The van der Waals surface area contributed by atoms with Gasteiger partial charge in [0.1, 0.15) is 17.0 Å². The SMILES string of the molecule is CCCCC1=NC2(CCCC2)C(=O)N1Cc1ccc(-c2cc(N3CCCC(C)(F)C3)ccc2-c2noc(=O)[nH]2)cc1. The van der Waals surface area contributed by atoms with E-state index in [1.54, 1.807) is 6.92 Å². The number of hydrogen-bond acceptors (Lipinski definition) is 6. The molecule has 1 N–H and O–H groups in total. The Hall–Kier alpha value is -3.75. The van der Waals surface area contributed by atoms with Crippen LogP contribution in [0.5, 0.6) is 0 Å². The van der Waals surface area contributed by atoms with Crippen molar-refractivity contribution in [2.24, 2.45) is 4.99 Å². The summed E-state index contributed by atoms with van der Waals surface area (Å²) in [6.45, 7) is 5.43. The molecule has 41 heavy (non-hydrogen) atoms. The molecule has 2 fully saturated rings. The standard InChI is InChI=1S/C32H38FN5O3/c1-3-4-8-27-35-32(16-5-6-17-32)29(39)38(27)20-22-9-11-23(12-10-22)26-19-24(37-18-7-15-31(2,33)21-37)13-14-25(26)28-34-30(40)41-36-28/h9-14,19H,3-8,15-18,20-21H2,1-2H3,(H,34,36,40). The van der Waals surface area contributed by atoms with Crippen LogP contribution in [0, 0.1) is 0 Å². The Labute approximate surface area is 239 Å². The van der Waals surface area contributed by atoms with E-state index >= 15 is 0 Å². The Bertz CT molecular complexity index is 1500. The van der Waals surface area contributed by atoms with Gasteiger partial charge in [-0.15, -0.1) is 0 Å². The van der Waals surface area contributed by atoms with Crippen molar-refractivity contribution in [2.45, 2.75) is 89.4 Å². The van der Waals surface area contributed by atoms with Gasteiger partial charge in [0.2, 0.25) is 0 Å². The van der Waals surface area contributed by atoms with E-state index in [0.717, 1.165) is 91.7 Å². The lowest BCUT2D eigenvalue weighted by atomic mass is 9.94. The number of aromatic nitrogens is 2. The van der Waals surface area contributed by atoms with Gasteiger partial charge in [0.05, 0.1) is 13.1 Å². The van der Waals surface area contributed by atoms with Gasteiger partial charge in [0.15, 0.2) is 5.82 Å². The van der Waals surface area contributed by atoms with Crippen molar-refractivity contribution >= 4 is 17.4 Å². The molecule has 1 spiro atoms. The predicted molar refractivity (Wildman–Crippen MR) is 158 cm³/mol. The van der Waals surface area contributed by atoms with E-state index < -0.39 is 17.0 Å². The Morgan fingerprint density at radius 2 is 1.80 bits per heavy atom. The van der Waals surface area contributed by atoms with Crippen molar-refractivity contribution in [3.05, 3.63) is 58.6 Å². The summed E-state index contributed by atoms with van der Waals surface area (Å²) < 4.78 is 19.7. The fourth-order valence-electron chi connectivity index (χ4n) is 6.61. The van der Waals surface area contributed by atoms with Crippen LogP contribution in [0.2, 0.25) is 0 Å². The first-order valence-electron chi connectivity index (χ1n) is 14.9. The van der Waals surface area contributed by atoms with E-state index in [1.165, 1.54) is 0 Å². The van der Waals surface area contributed by atoms with Gasteiger partial charge in [-0.25, -0.2) is 9.18 Å². The first kappa shape index (κ1) is 27.4. The fraction of sp³-hybridized carbons (Fsp3) is 0.500. The lowest BCUT2D eigenvalue weighted by Crippen LogP contribution is -2.43. The fourth-order valence-corrected chi connectivity index (χ4v) is 6.61. The summed E-state index contributed by atoms with van der Waals surface area (Å²) in [7, 11) is 0. The van der Waals surface area contributed by atoms with Gasteiger partial charge in [0.25, 0.3) is 5.91 Å². The van der Waals surface area contributed by atoms with Gasteiger partial charge in [-0.05, 0) is 73.9 Å². The number of halogens is 1. The Morgan fingerprint density at radius 1 is 1.02 bits per heavy atom. The topological polar surface area (TPSA) is 94.8 Å². The van der Waals surface area contributed by atoms with Gasteiger partial charge in [0, 0.05) is 24.2 Å². The summed E-state index contributed by atoms with van der Waals surface area (Å²) in [5, 5.41) is 3.93. The number of rotatable bonds is 8. The Morgan fingerprint density at radius 3 is 2.49 bits per heavy atom. The monoisotopic (exact) mass is 559 g/mol. The quantitative estimate of drug-likeness (QED) is 0.351. The molecule has 9 heteroatoms. The minimum atomic E-state index is -1.24. The number of benzene rings is 2. The Balaban J connectivity index is 1.30. The number of aliphatic imine (C=N–C) groups is 1. The minimum Gasteiger partial charge on any atom is -0.368 e. The van der Waals surface area contributed by atoms with E-state index in [2.05, 4.69) is 22.0 Å². The smallest absolute Gasteiger partial charge is 0.368 e. The molecular formula is C32H38FN5O3. The van der Waals surface area contributed by atoms with Gasteiger partial charge in [-0.1, -0.05) is 55.6 Å².